The number of benzene rings is 2. The van der Waals surface area contributed by atoms with Gasteiger partial charge < -0.3 is 5.11 Å². The predicted molar refractivity (Wildman–Crippen MR) is 72.0 cm³/mol. The zero-order valence-corrected chi connectivity index (χ0v) is 11.0. The van der Waals surface area contributed by atoms with Crippen molar-refractivity contribution in [3.8, 4) is 16.9 Å². The molecule has 0 atom stereocenters. The Balaban J connectivity index is 2.52. The van der Waals surface area contributed by atoms with Crippen LogP contribution in [0.2, 0.25) is 0 Å². The molecule has 2 rings (SSSR count). The van der Waals surface area contributed by atoms with Gasteiger partial charge in [0.15, 0.2) is 16.1 Å². The molecule has 19 heavy (non-hydrogen) atoms. The molecule has 2 aromatic rings. The van der Waals surface area contributed by atoms with E-state index in [1.54, 1.807) is 24.3 Å². The van der Waals surface area contributed by atoms with E-state index in [-0.39, 0.29) is 16.2 Å². The zero-order chi connectivity index (χ0) is 14.0. The molecule has 0 saturated heterocycles. The summed E-state index contributed by atoms with van der Waals surface area (Å²) in [5, 5.41) is 9.92. The van der Waals surface area contributed by atoms with Crippen molar-refractivity contribution in [2.75, 3.05) is 6.26 Å². The minimum atomic E-state index is -3.24. The summed E-state index contributed by atoms with van der Waals surface area (Å²) < 4.78 is 22.7. The summed E-state index contributed by atoms with van der Waals surface area (Å²) in [6, 6.07) is 11.0. The van der Waals surface area contributed by atoms with E-state index in [9.17, 15) is 18.3 Å². The maximum Gasteiger partial charge on any atom is 0.175 e. The molecular formula is C14H12O4S. The molecule has 0 aliphatic carbocycles. The van der Waals surface area contributed by atoms with Crippen LogP contribution >= 0.6 is 0 Å². The summed E-state index contributed by atoms with van der Waals surface area (Å²) in [7, 11) is -3.24. The maximum atomic E-state index is 11.4. The van der Waals surface area contributed by atoms with Crippen LogP contribution in [-0.2, 0) is 9.84 Å². The molecule has 4 nitrogen and oxygen atoms in total. The number of phenols is 1. The van der Waals surface area contributed by atoms with Gasteiger partial charge in [0.25, 0.3) is 0 Å². The minimum absolute atomic E-state index is 0.107. The molecule has 2 aromatic carbocycles. The van der Waals surface area contributed by atoms with Crippen molar-refractivity contribution in [2.24, 2.45) is 0 Å². The third-order valence-corrected chi connectivity index (χ3v) is 3.92. The smallest absolute Gasteiger partial charge is 0.175 e. The molecule has 0 unspecified atom stereocenters. The summed E-state index contributed by atoms with van der Waals surface area (Å²) in [4.78, 5) is 11.0. The molecule has 5 heteroatoms. The van der Waals surface area contributed by atoms with Gasteiger partial charge >= 0.3 is 0 Å². The van der Waals surface area contributed by atoms with Gasteiger partial charge in [0.05, 0.1) is 10.5 Å². The predicted octanol–water partition coefficient (Wildman–Crippen LogP) is 2.28. The van der Waals surface area contributed by atoms with E-state index in [1.165, 1.54) is 18.2 Å². The highest BCUT2D eigenvalue weighted by Crippen LogP contribution is 2.31. The first-order valence-electron chi connectivity index (χ1n) is 5.51. The van der Waals surface area contributed by atoms with Gasteiger partial charge in [-0.15, -0.1) is 0 Å². The Kier molecular flexibility index (Phi) is 3.40. The number of aromatic hydroxyl groups is 1. The molecule has 0 radical (unpaired) electrons. The number of hydrogen-bond acceptors (Lipinski definition) is 4. The lowest BCUT2D eigenvalue weighted by Gasteiger charge is -2.07. The number of sulfone groups is 1. The third kappa shape index (κ3) is 2.66. The Morgan fingerprint density at radius 1 is 1.05 bits per heavy atom. The van der Waals surface area contributed by atoms with E-state index in [4.69, 9.17) is 0 Å². The van der Waals surface area contributed by atoms with Gasteiger partial charge in [0, 0.05) is 11.8 Å². The Hall–Kier alpha value is -2.14. The number of aldehydes is 1. The molecule has 0 aliphatic rings. The Labute approximate surface area is 111 Å². The quantitative estimate of drug-likeness (QED) is 0.873. The van der Waals surface area contributed by atoms with Crippen molar-refractivity contribution >= 4 is 16.1 Å². The molecule has 0 spiro atoms. The van der Waals surface area contributed by atoms with Gasteiger partial charge in [-0.1, -0.05) is 24.3 Å². The van der Waals surface area contributed by atoms with Crippen LogP contribution in [0.5, 0.6) is 5.75 Å². The molecule has 0 amide bonds. The van der Waals surface area contributed by atoms with E-state index in [1.807, 2.05) is 0 Å². The molecule has 0 heterocycles. The minimum Gasteiger partial charge on any atom is -0.507 e. The standard InChI is InChI=1S/C14H12O4S/c1-19(17,18)12-7-5-10(6-8-12)13-4-2-3-11(9-15)14(13)16/h2-9,16H,1H3. The van der Waals surface area contributed by atoms with E-state index < -0.39 is 9.84 Å². The fraction of sp³-hybridized carbons (Fsp3) is 0.0714. The lowest BCUT2D eigenvalue weighted by molar-refractivity contribution is 0.112. The van der Waals surface area contributed by atoms with Crippen molar-refractivity contribution < 1.29 is 18.3 Å². The first-order chi connectivity index (χ1) is 8.93. The largest absolute Gasteiger partial charge is 0.507 e. The lowest BCUT2D eigenvalue weighted by Crippen LogP contribution is -1.96. The van der Waals surface area contributed by atoms with Gasteiger partial charge in [0.1, 0.15) is 5.75 Å². The number of carbonyl (C=O) groups is 1. The van der Waals surface area contributed by atoms with E-state index in [2.05, 4.69) is 0 Å². The van der Waals surface area contributed by atoms with E-state index in [0.29, 0.717) is 17.4 Å². The summed E-state index contributed by atoms with van der Waals surface area (Å²) in [5.41, 5.74) is 1.34. The van der Waals surface area contributed by atoms with Crippen LogP contribution in [0.3, 0.4) is 0 Å². The number of para-hydroxylation sites is 1. The molecule has 0 bridgehead atoms. The van der Waals surface area contributed by atoms with Crippen LogP contribution in [0, 0.1) is 0 Å². The molecule has 0 aliphatic heterocycles. The SMILES string of the molecule is CS(=O)(=O)c1ccc(-c2cccc(C=O)c2O)cc1. The van der Waals surface area contributed by atoms with Gasteiger partial charge in [0.2, 0.25) is 0 Å². The Morgan fingerprint density at radius 3 is 2.21 bits per heavy atom. The van der Waals surface area contributed by atoms with Gasteiger partial charge in [-0.25, -0.2) is 8.42 Å². The number of rotatable bonds is 3. The maximum absolute atomic E-state index is 11.4. The summed E-state index contributed by atoms with van der Waals surface area (Å²) in [6.45, 7) is 0. The highest BCUT2D eigenvalue weighted by molar-refractivity contribution is 7.90. The molecular weight excluding hydrogens is 264 g/mol. The first-order valence-corrected chi connectivity index (χ1v) is 7.40. The second kappa shape index (κ2) is 4.85. The average molecular weight is 276 g/mol. The topological polar surface area (TPSA) is 71.4 Å². The van der Waals surface area contributed by atoms with Crippen LogP contribution in [0.15, 0.2) is 47.4 Å². The van der Waals surface area contributed by atoms with Crippen LogP contribution in [-0.4, -0.2) is 26.1 Å². The van der Waals surface area contributed by atoms with Crippen molar-refractivity contribution in [3.63, 3.8) is 0 Å². The van der Waals surface area contributed by atoms with E-state index >= 15 is 0 Å². The molecule has 1 N–H and O–H groups in total. The fourth-order valence-electron chi connectivity index (χ4n) is 1.77. The summed E-state index contributed by atoms with van der Waals surface area (Å²) in [6.07, 6.45) is 1.70. The fourth-order valence-corrected chi connectivity index (χ4v) is 2.40. The lowest BCUT2D eigenvalue weighted by atomic mass is 10.0. The second-order valence-corrected chi connectivity index (χ2v) is 6.17. The number of phenolic OH excluding ortho intramolecular Hbond substituents is 1. The monoisotopic (exact) mass is 276 g/mol. The second-order valence-electron chi connectivity index (χ2n) is 4.16. The molecule has 0 saturated carbocycles. The Morgan fingerprint density at radius 2 is 1.68 bits per heavy atom. The highest BCUT2D eigenvalue weighted by atomic mass is 32.2. The van der Waals surface area contributed by atoms with Crippen molar-refractivity contribution in [1.29, 1.82) is 0 Å². The Bertz CT molecular complexity index is 716. The molecule has 98 valence electrons. The highest BCUT2D eigenvalue weighted by Gasteiger charge is 2.10. The number of carbonyl (C=O) groups excluding carboxylic acids is 1. The van der Waals surface area contributed by atoms with Crippen LogP contribution < -0.4 is 0 Å². The number of hydrogen-bond donors (Lipinski definition) is 1. The van der Waals surface area contributed by atoms with Crippen molar-refractivity contribution in [1.82, 2.24) is 0 Å². The summed E-state index contributed by atoms with van der Waals surface area (Å²) >= 11 is 0. The first kappa shape index (κ1) is 13.3. The zero-order valence-electron chi connectivity index (χ0n) is 10.2. The van der Waals surface area contributed by atoms with Crippen molar-refractivity contribution in [2.45, 2.75) is 4.90 Å². The average Bonchev–Trinajstić information content (AvgIpc) is 2.38. The normalized spacial score (nSPS) is 11.2. The van der Waals surface area contributed by atoms with Crippen LogP contribution in [0.4, 0.5) is 0 Å². The van der Waals surface area contributed by atoms with Gasteiger partial charge in [-0.3, -0.25) is 4.79 Å². The third-order valence-electron chi connectivity index (χ3n) is 2.79. The molecule has 0 aromatic heterocycles. The van der Waals surface area contributed by atoms with E-state index in [0.717, 1.165) is 6.26 Å². The van der Waals surface area contributed by atoms with Gasteiger partial charge in [-0.05, 0) is 23.8 Å². The van der Waals surface area contributed by atoms with Gasteiger partial charge in [-0.2, -0.15) is 0 Å². The summed E-state index contributed by atoms with van der Waals surface area (Å²) in [5.74, 6) is -0.107. The van der Waals surface area contributed by atoms with Crippen LogP contribution in [0.25, 0.3) is 11.1 Å². The molecule has 0 fully saturated rings. The van der Waals surface area contributed by atoms with Crippen molar-refractivity contribution in [3.05, 3.63) is 48.0 Å². The van der Waals surface area contributed by atoms with Crippen LogP contribution in [0.1, 0.15) is 10.4 Å².